The molecule has 196 valence electrons. The Balaban J connectivity index is 1.32. The first-order valence-corrected chi connectivity index (χ1v) is 15.7. The molecule has 0 spiro atoms. The standard InChI is InChI=1S/C36H21Cl2NS2/c37-24-16-23(17-25(38)19-24)22-10-13-34-30(18-22)32-21-28(12-15-36(32)41-34)39(26-6-2-1-3-7-26)27-11-14-35-31(20-27)29-8-4-5-9-33(29)40-35/h1-21H. The zero-order chi connectivity index (χ0) is 27.5. The molecule has 0 aliphatic carbocycles. The van der Waals surface area contributed by atoms with Crippen LogP contribution in [0.3, 0.4) is 0 Å². The molecule has 6 aromatic carbocycles. The number of fused-ring (bicyclic) bond motifs is 6. The van der Waals surface area contributed by atoms with Gasteiger partial charge in [-0.2, -0.15) is 0 Å². The van der Waals surface area contributed by atoms with Crippen LogP contribution in [0.4, 0.5) is 17.1 Å². The van der Waals surface area contributed by atoms with Crippen LogP contribution in [0, 0.1) is 0 Å². The van der Waals surface area contributed by atoms with E-state index in [9.17, 15) is 0 Å². The normalized spacial score (nSPS) is 11.7. The largest absolute Gasteiger partial charge is 0.310 e. The lowest BCUT2D eigenvalue weighted by atomic mass is 10.0. The Morgan fingerprint density at radius 2 is 0.927 bits per heavy atom. The number of para-hydroxylation sites is 1. The Labute approximate surface area is 255 Å². The van der Waals surface area contributed by atoms with Crippen molar-refractivity contribution in [2.24, 2.45) is 0 Å². The van der Waals surface area contributed by atoms with Crippen LogP contribution >= 0.6 is 45.9 Å². The minimum atomic E-state index is 0.638. The third kappa shape index (κ3) is 4.37. The number of halogens is 2. The summed E-state index contributed by atoms with van der Waals surface area (Å²) in [5.41, 5.74) is 5.50. The van der Waals surface area contributed by atoms with Gasteiger partial charge in [-0.3, -0.25) is 0 Å². The Morgan fingerprint density at radius 3 is 1.61 bits per heavy atom. The molecule has 8 rings (SSSR count). The fourth-order valence-corrected chi connectivity index (χ4v) is 8.36. The zero-order valence-corrected chi connectivity index (χ0v) is 24.8. The Hall–Kier alpha value is -3.86. The molecule has 2 heterocycles. The van der Waals surface area contributed by atoms with Crippen LogP contribution in [-0.4, -0.2) is 0 Å². The highest BCUT2D eigenvalue weighted by molar-refractivity contribution is 7.26. The Morgan fingerprint density at radius 1 is 0.390 bits per heavy atom. The lowest BCUT2D eigenvalue weighted by molar-refractivity contribution is 1.30. The summed E-state index contributed by atoms with van der Waals surface area (Å²) in [5, 5.41) is 6.33. The van der Waals surface area contributed by atoms with E-state index in [1.807, 2.05) is 34.8 Å². The number of anilines is 3. The van der Waals surface area contributed by atoms with Crippen molar-refractivity contribution in [3.05, 3.63) is 137 Å². The third-order valence-corrected chi connectivity index (χ3v) is 10.3. The molecule has 0 unspecified atom stereocenters. The summed E-state index contributed by atoms with van der Waals surface area (Å²) in [5.74, 6) is 0. The molecule has 0 radical (unpaired) electrons. The van der Waals surface area contributed by atoms with Gasteiger partial charge in [-0.1, -0.05) is 65.7 Å². The van der Waals surface area contributed by atoms with Crippen molar-refractivity contribution in [2.75, 3.05) is 4.90 Å². The number of benzene rings is 6. The van der Waals surface area contributed by atoms with Gasteiger partial charge in [-0.05, 0) is 96.1 Å². The summed E-state index contributed by atoms with van der Waals surface area (Å²) < 4.78 is 5.13. The second-order valence-electron chi connectivity index (χ2n) is 10.1. The molecule has 41 heavy (non-hydrogen) atoms. The van der Waals surface area contributed by atoms with Crippen molar-refractivity contribution in [3.8, 4) is 11.1 Å². The van der Waals surface area contributed by atoms with Gasteiger partial charge in [0.1, 0.15) is 0 Å². The number of hydrogen-bond acceptors (Lipinski definition) is 3. The van der Waals surface area contributed by atoms with Crippen LogP contribution < -0.4 is 4.90 Å². The molecule has 0 amide bonds. The molecule has 0 aliphatic rings. The van der Waals surface area contributed by atoms with Crippen LogP contribution in [0.1, 0.15) is 0 Å². The molecule has 0 aliphatic heterocycles. The topological polar surface area (TPSA) is 3.24 Å². The summed E-state index contributed by atoms with van der Waals surface area (Å²) >= 11 is 16.3. The summed E-state index contributed by atoms with van der Waals surface area (Å²) in [7, 11) is 0. The maximum Gasteiger partial charge on any atom is 0.0468 e. The molecule has 0 N–H and O–H groups in total. The van der Waals surface area contributed by atoms with Crippen molar-refractivity contribution in [3.63, 3.8) is 0 Å². The van der Waals surface area contributed by atoms with Gasteiger partial charge in [0.05, 0.1) is 0 Å². The van der Waals surface area contributed by atoms with Gasteiger partial charge in [0, 0.05) is 67.5 Å². The van der Waals surface area contributed by atoms with E-state index >= 15 is 0 Å². The Kier molecular flexibility index (Phi) is 6.01. The van der Waals surface area contributed by atoms with Crippen LogP contribution in [0.5, 0.6) is 0 Å². The first-order chi connectivity index (χ1) is 20.1. The highest BCUT2D eigenvalue weighted by Gasteiger charge is 2.17. The second kappa shape index (κ2) is 9.90. The first-order valence-electron chi connectivity index (χ1n) is 13.3. The SMILES string of the molecule is Clc1cc(Cl)cc(-c2ccc3sc4ccc(N(c5ccccc5)c5ccc6sc7ccccc7c6c5)cc4c3c2)c1. The van der Waals surface area contributed by atoms with Crippen LogP contribution in [0.15, 0.2) is 127 Å². The summed E-state index contributed by atoms with van der Waals surface area (Å²) in [6.07, 6.45) is 0. The molecular weight excluding hydrogens is 581 g/mol. The average molecular weight is 603 g/mol. The lowest BCUT2D eigenvalue weighted by Gasteiger charge is -2.25. The molecule has 0 saturated heterocycles. The lowest BCUT2D eigenvalue weighted by Crippen LogP contribution is -2.09. The third-order valence-electron chi connectivity index (χ3n) is 7.54. The molecule has 1 nitrogen and oxygen atoms in total. The minimum absolute atomic E-state index is 0.638. The summed E-state index contributed by atoms with van der Waals surface area (Å²) in [6.45, 7) is 0. The van der Waals surface area contributed by atoms with E-state index in [2.05, 4.69) is 114 Å². The van der Waals surface area contributed by atoms with Crippen molar-refractivity contribution < 1.29 is 0 Å². The monoisotopic (exact) mass is 601 g/mol. The molecular formula is C36H21Cl2NS2. The smallest absolute Gasteiger partial charge is 0.0468 e. The van der Waals surface area contributed by atoms with Crippen molar-refractivity contribution in [1.29, 1.82) is 0 Å². The Bertz CT molecular complexity index is 2230. The maximum absolute atomic E-state index is 6.34. The fourth-order valence-electron chi connectivity index (χ4n) is 5.68. The van der Waals surface area contributed by atoms with Crippen LogP contribution in [-0.2, 0) is 0 Å². The number of rotatable bonds is 4. The van der Waals surface area contributed by atoms with E-state index < -0.39 is 0 Å². The van der Waals surface area contributed by atoms with E-state index in [-0.39, 0.29) is 0 Å². The first kappa shape index (κ1) is 24.9. The van der Waals surface area contributed by atoms with Crippen molar-refractivity contribution >= 4 is 103 Å². The van der Waals surface area contributed by atoms with Crippen molar-refractivity contribution in [2.45, 2.75) is 0 Å². The van der Waals surface area contributed by atoms with E-state index in [0.29, 0.717) is 10.0 Å². The molecule has 0 atom stereocenters. The van der Waals surface area contributed by atoms with Crippen LogP contribution in [0.2, 0.25) is 10.0 Å². The van der Waals surface area contributed by atoms with Gasteiger partial charge in [-0.15, -0.1) is 22.7 Å². The van der Waals surface area contributed by atoms with E-state index in [4.69, 9.17) is 23.2 Å². The van der Waals surface area contributed by atoms with Gasteiger partial charge >= 0.3 is 0 Å². The average Bonchev–Trinajstić information content (AvgIpc) is 3.55. The molecule has 0 saturated carbocycles. The van der Waals surface area contributed by atoms with Gasteiger partial charge in [0.25, 0.3) is 0 Å². The van der Waals surface area contributed by atoms with E-state index in [0.717, 1.165) is 28.2 Å². The van der Waals surface area contributed by atoms with Crippen LogP contribution in [0.25, 0.3) is 51.5 Å². The summed E-state index contributed by atoms with van der Waals surface area (Å²) in [4.78, 5) is 2.36. The minimum Gasteiger partial charge on any atom is -0.310 e. The number of hydrogen-bond donors (Lipinski definition) is 0. The zero-order valence-electron chi connectivity index (χ0n) is 21.6. The van der Waals surface area contributed by atoms with Crippen molar-refractivity contribution in [1.82, 2.24) is 0 Å². The number of thiophene rings is 2. The molecule has 0 bridgehead atoms. The van der Waals surface area contributed by atoms with Gasteiger partial charge in [0.2, 0.25) is 0 Å². The fraction of sp³-hybridized carbons (Fsp3) is 0. The van der Waals surface area contributed by atoms with Gasteiger partial charge in [0.15, 0.2) is 0 Å². The van der Waals surface area contributed by atoms with E-state index in [1.54, 1.807) is 6.07 Å². The highest BCUT2D eigenvalue weighted by atomic mass is 35.5. The highest BCUT2D eigenvalue weighted by Crippen LogP contribution is 2.43. The van der Waals surface area contributed by atoms with Gasteiger partial charge in [-0.25, -0.2) is 0 Å². The summed E-state index contributed by atoms with van der Waals surface area (Å²) in [6, 6.07) is 45.2. The quantitative estimate of drug-likeness (QED) is 0.194. The molecule has 5 heteroatoms. The molecule has 0 fully saturated rings. The predicted molar refractivity (Wildman–Crippen MR) is 182 cm³/mol. The number of nitrogens with zero attached hydrogens (tertiary/aromatic N) is 1. The predicted octanol–water partition coefficient (Wildman–Crippen LogP) is 12.9. The van der Waals surface area contributed by atoms with E-state index in [1.165, 1.54) is 40.3 Å². The van der Waals surface area contributed by atoms with Gasteiger partial charge < -0.3 is 4.90 Å². The molecule has 2 aromatic heterocycles. The molecule has 8 aromatic rings. The second-order valence-corrected chi connectivity index (χ2v) is 13.1. The maximum atomic E-state index is 6.34.